The molecule has 24 heavy (non-hydrogen) atoms. The Morgan fingerprint density at radius 2 is 1.38 bits per heavy atom. The zero-order chi connectivity index (χ0) is 18.7. The van der Waals surface area contributed by atoms with E-state index in [0.717, 1.165) is 11.1 Å². The molecule has 1 atom stereocenters. The lowest BCUT2D eigenvalue weighted by atomic mass is 9.89. The summed E-state index contributed by atoms with van der Waals surface area (Å²) in [6, 6.07) is 3.83. The molecule has 1 aromatic rings. The summed E-state index contributed by atoms with van der Waals surface area (Å²) in [5.74, 6) is 0.619. The number of rotatable bonds is 8. The van der Waals surface area contributed by atoms with Crippen LogP contribution < -0.4 is 4.72 Å². The Kier molecular flexibility index (Phi) is 7.44. The molecule has 0 fully saturated rings. The van der Waals surface area contributed by atoms with Gasteiger partial charge in [0.2, 0.25) is 10.0 Å². The molecule has 0 radical (unpaired) electrons. The van der Waals surface area contributed by atoms with Gasteiger partial charge >= 0.3 is 0 Å². The van der Waals surface area contributed by atoms with Crippen molar-refractivity contribution in [1.29, 1.82) is 0 Å². The van der Waals surface area contributed by atoms with Gasteiger partial charge in [0.05, 0.1) is 11.5 Å². The molecule has 0 unspecified atom stereocenters. The molecule has 1 aromatic carbocycles. The Morgan fingerprint density at radius 3 is 1.71 bits per heavy atom. The first-order valence-electron chi connectivity index (χ1n) is 8.70. The van der Waals surface area contributed by atoms with E-state index in [0.29, 0.717) is 17.4 Å². The van der Waals surface area contributed by atoms with Crippen LogP contribution in [0.3, 0.4) is 0 Å². The number of ether oxygens (including phenoxy) is 1. The summed E-state index contributed by atoms with van der Waals surface area (Å²) < 4.78 is 34.0. The van der Waals surface area contributed by atoms with Crippen LogP contribution in [0.1, 0.15) is 82.9 Å². The Morgan fingerprint density at radius 1 is 0.917 bits per heavy atom. The van der Waals surface area contributed by atoms with E-state index in [1.165, 1.54) is 5.56 Å². The van der Waals surface area contributed by atoms with Crippen LogP contribution in [0.15, 0.2) is 17.0 Å². The second kappa shape index (κ2) is 8.45. The molecular formula is C19H33NO3S. The van der Waals surface area contributed by atoms with E-state index in [2.05, 4.69) is 30.7 Å². The number of sulfonamides is 1. The van der Waals surface area contributed by atoms with Gasteiger partial charge in [-0.05, 0) is 41.4 Å². The van der Waals surface area contributed by atoms with E-state index >= 15 is 0 Å². The summed E-state index contributed by atoms with van der Waals surface area (Å²) in [7, 11) is -2.03. The maximum atomic E-state index is 13.1. The summed E-state index contributed by atoms with van der Waals surface area (Å²) in [5.41, 5.74) is 2.97. The molecular weight excluding hydrogens is 322 g/mol. The van der Waals surface area contributed by atoms with Gasteiger partial charge in [-0.3, -0.25) is 0 Å². The summed E-state index contributed by atoms with van der Waals surface area (Å²) in [5, 5.41) is 0. The lowest BCUT2D eigenvalue weighted by Crippen LogP contribution is -2.36. The summed E-state index contributed by atoms with van der Waals surface area (Å²) in [6.45, 7) is 14.6. The fourth-order valence-electron chi connectivity index (χ4n) is 2.81. The Hall–Kier alpha value is -0.910. The van der Waals surface area contributed by atoms with Crippen molar-refractivity contribution in [3.8, 4) is 0 Å². The summed E-state index contributed by atoms with van der Waals surface area (Å²) >= 11 is 0. The lowest BCUT2D eigenvalue weighted by Gasteiger charge is -2.24. The fraction of sp³-hybridized carbons (Fsp3) is 0.684. The first kappa shape index (κ1) is 21.1. The molecule has 0 heterocycles. The number of hydrogen-bond acceptors (Lipinski definition) is 3. The molecule has 5 heteroatoms. The zero-order valence-electron chi connectivity index (χ0n) is 16.3. The number of benzene rings is 1. The van der Waals surface area contributed by atoms with Crippen LogP contribution in [0, 0.1) is 0 Å². The predicted molar refractivity (Wildman–Crippen MR) is 100 cm³/mol. The van der Waals surface area contributed by atoms with Gasteiger partial charge in [0.25, 0.3) is 0 Å². The maximum Gasteiger partial charge on any atom is 0.241 e. The second-order valence-electron chi connectivity index (χ2n) is 7.47. The highest BCUT2D eigenvalue weighted by atomic mass is 32.2. The minimum Gasteiger partial charge on any atom is -0.383 e. The highest BCUT2D eigenvalue weighted by Gasteiger charge is 2.27. The minimum absolute atomic E-state index is 0.130. The first-order valence-corrected chi connectivity index (χ1v) is 10.2. The van der Waals surface area contributed by atoms with Crippen LogP contribution in [0.5, 0.6) is 0 Å². The quantitative estimate of drug-likeness (QED) is 0.753. The average Bonchev–Trinajstić information content (AvgIpc) is 2.45. The van der Waals surface area contributed by atoms with E-state index in [1.54, 1.807) is 7.11 Å². The SMILES string of the molecule is COC[C@@H](C)NS(=O)(=O)c1c(C(C)C)cc(C(C)C)cc1C(C)C. The van der Waals surface area contributed by atoms with Crippen molar-refractivity contribution in [3.05, 3.63) is 28.8 Å². The fourth-order valence-corrected chi connectivity index (χ4v) is 4.73. The van der Waals surface area contributed by atoms with E-state index in [1.807, 2.05) is 34.6 Å². The van der Waals surface area contributed by atoms with Gasteiger partial charge in [-0.2, -0.15) is 0 Å². The maximum absolute atomic E-state index is 13.1. The van der Waals surface area contributed by atoms with Crippen molar-refractivity contribution < 1.29 is 13.2 Å². The Balaban J connectivity index is 3.59. The van der Waals surface area contributed by atoms with Gasteiger partial charge in [0, 0.05) is 13.2 Å². The summed E-state index contributed by atoms with van der Waals surface area (Å²) in [4.78, 5) is 0.444. The van der Waals surface area contributed by atoms with Crippen molar-refractivity contribution in [2.24, 2.45) is 0 Å². The van der Waals surface area contributed by atoms with Crippen LogP contribution in [0.4, 0.5) is 0 Å². The third-order valence-electron chi connectivity index (χ3n) is 4.12. The molecule has 0 aromatic heterocycles. The van der Waals surface area contributed by atoms with E-state index in [9.17, 15) is 8.42 Å². The molecule has 0 bridgehead atoms. The van der Waals surface area contributed by atoms with Gasteiger partial charge in [-0.15, -0.1) is 0 Å². The van der Waals surface area contributed by atoms with E-state index in [-0.39, 0.29) is 17.9 Å². The molecule has 0 aliphatic heterocycles. The van der Waals surface area contributed by atoms with Crippen molar-refractivity contribution in [3.63, 3.8) is 0 Å². The largest absolute Gasteiger partial charge is 0.383 e. The zero-order valence-corrected chi connectivity index (χ0v) is 17.1. The molecule has 1 rings (SSSR count). The topological polar surface area (TPSA) is 55.4 Å². The van der Waals surface area contributed by atoms with Gasteiger partial charge in [-0.25, -0.2) is 13.1 Å². The van der Waals surface area contributed by atoms with Gasteiger partial charge in [0.1, 0.15) is 0 Å². The monoisotopic (exact) mass is 355 g/mol. The van der Waals surface area contributed by atoms with Crippen molar-refractivity contribution in [1.82, 2.24) is 4.72 Å². The number of methoxy groups -OCH3 is 1. The van der Waals surface area contributed by atoms with Gasteiger partial charge in [-0.1, -0.05) is 53.7 Å². The third-order valence-corrected chi connectivity index (χ3v) is 5.84. The third kappa shape index (κ3) is 5.04. The molecule has 0 amide bonds. The van der Waals surface area contributed by atoms with Crippen LogP contribution >= 0.6 is 0 Å². The van der Waals surface area contributed by atoms with Crippen molar-refractivity contribution in [2.45, 2.75) is 77.2 Å². The van der Waals surface area contributed by atoms with Crippen molar-refractivity contribution in [2.75, 3.05) is 13.7 Å². The normalized spacial score (nSPS) is 14.0. The Labute approximate surface area is 148 Å². The molecule has 0 spiro atoms. The van der Waals surface area contributed by atoms with E-state index in [4.69, 9.17) is 4.74 Å². The predicted octanol–water partition coefficient (Wildman–Crippen LogP) is 4.37. The Bertz CT molecular complexity index is 620. The molecule has 0 saturated heterocycles. The second-order valence-corrected chi connectivity index (χ2v) is 9.12. The van der Waals surface area contributed by atoms with E-state index < -0.39 is 10.0 Å². The van der Waals surface area contributed by atoms with Crippen molar-refractivity contribution >= 4 is 10.0 Å². The van der Waals surface area contributed by atoms with Crippen LogP contribution in [0.25, 0.3) is 0 Å². The molecule has 4 nitrogen and oxygen atoms in total. The highest BCUT2D eigenvalue weighted by Crippen LogP contribution is 2.35. The number of nitrogens with one attached hydrogen (secondary N) is 1. The van der Waals surface area contributed by atoms with Gasteiger partial charge in [0.15, 0.2) is 0 Å². The first-order chi connectivity index (χ1) is 11.0. The van der Waals surface area contributed by atoms with Crippen LogP contribution in [-0.2, 0) is 14.8 Å². The molecule has 0 aliphatic rings. The highest BCUT2D eigenvalue weighted by molar-refractivity contribution is 7.89. The van der Waals surface area contributed by atoms with Crippen LogP contribution in [0.2, 0.25) is 0 Å². The smallest absolute Gasteiger partial charge is 0.241 e. The molecule has 0 aliphatic carbocycles. The molecule has 0 saturated carbocycles. The standard InChI is InChI=1S/C19H33NO3S/c1-12(2)16-9-17(13(3)4)19(18(10-16)14(5)6)24(21,22)20-15(7)11-23-8/h9-10,12-15,20H,11H2,1-8H3/t15-/m1/s1. The summed E-state index contributed by atoms with van der Waals surface area (Å²) in [6.07, 6.45) is 0. The molecule has 1 N–H and O–H groups in total. The lowest BCUT2D eigenvalue weighted by molar-refractivity contribution is 0.180. The number of hydrogen-bond donors (Lipinski definition) is 1. The van der Waals surface area contributed by atoms with Crippen LogP contribution in [-0.4, -0.2) is 28.2 Å². The average molecular weight is 356 g/mol. The minimum atomic E-state index is -3.61. The van der Waals surface area contributed by atoms with Gasteiger partial charge < -0.3 is 4.74 Å². The molecule has 138 valence electrons.